The summed E-state index contributed by atoms with van der Waals surface area (Å²) in [6.07, 6.45) is 6.66. The average molecular weight is 309 g/mol. The monoisotopic (exact) mass is 309 g/mol. The van der Waals surface area contributed by atoms with Crippen LogP contribution in [-0.4, -0.2) is 33.7 Å². The smallest absolute Gasteiger partial charge is 0.266 e. The van der Waals surface area contributed by atoms with Crippen LogP contribution in [-0.2, 0) is 14.4 Å². The first-order valence-electron chi connectivity index (χ1n) is 6.82. The number of hydrazine groups is 1. The lowest BCUT2D eigenvalue weighted by Crippen LogP contribution is -2.29. The van der Waals surface area contributed by atoms with Crippen LogP contribution in [0.25, 0.3) is 0 Å². The maximum absolute atomic E-state index is 11.2. The number of aromatic amines is 1. The largest absolute Gasteiger partial charge is 0.412 e. The van der Waals surface area contributed by atoms with Crippen LogP contribution in [0, 0.1) is 11.8 Å². The predicted octanol–water partition coefficient (Wildman–Crippen LogP) is -0.693. The molecule has 8 nitrogen and oxygen atoms in total. The Morgan fingerprint density at radius 1 is 1.14 bits per heavy atom. The van der Waals surface area contributed by atoms with E-state index in [1.807, 2.05) is 5.43 Å². The summed E-state index contributed by atoms with van der Waals surface area (Å²) in [4.78, 5) is 46.7. The van der Waals surface area contributed by atoms with Gasteiger partial charge in [0.25, 0.3) is 11.7 Å². The predicted molar refractivity (Wildman–Crippen MR) is 76.5 cm³/mol. The Balaban J connectivity index is 0.000000219. The van der Waals surface area contributed by atoms with Gasteiger partial charge in [0.1, 0.15) is 0 Å². The number of amides is 1. The molecular weight excluding hydrogens is 290 g/mol. The highest BCUT2D eigenvalue weighted by atomic mass is 16.2. The van der Waals surface area contributed by atoms with Crippen molar-refractivity contribution in [2.75, 3.05) is 0 Å². The second-order valence-electron chi connectivity index (χ2n) is 5.13. The molecule has 1 aromatic rings. The number of hydrogen-bond donors (Lipinski definition) is 3. The number of fused-ring (bicyclic) bond motifs is 1. The van der Waals surface area contributed by atoms with E-state index in [9.17, 15) is 19.2 Å². The van der Waals surface area contributed by atoms with E-state index in [0.717, 1.165) is 25.7 Å². The summed E-state index contributed by atoms with van der Waals surface area (Å²) >= 11 is 0. The molecule has 0 spiro atoms. The van der Waals surface area contributed by atoms with Gasteiger partial charge >= 0.3 is 0 Å². The number of hydrogen-bond acceptors (Lipinski definition) is 5. The maximum atomic E-state index is 11.2. The number of carbonyl (C=O) groups excluding carboxylic acids is 4. The third-order valence-electron chi connectivity index (χ3n) is 3.88. The number of ketones is 3. The summed E-state index contributed by atoms with van der Waals surface area (Å²) in [6, 6.07) is 1.64. The highest BCUT2D eigenvalue weighted by Gasteiger charge is 2.48. The molecule has 2 unspecified atom stereocenters. The van der Waals surface area contributed by atoms with Crippen molar-refractivity contribution in [3.63, 3.8) is 0 Å². The molecule has 0 aliphatic heterocycles. The lowest BCUT2D eigenvalue weighted by Gasteiger charge is -2.20. The number of nitrogen functional groups attached to an aromatic ring is 1. The summed E-state index contributed by atoms with van der Waals surface area (Å²) in [7, 11) is 0. The molecule has 3 rings (SSSR count). The third-order valence-corrected chi connectivity index (χ3v) is 3.88. The average Bonchev–Trinajstić information content (AvgIpc) is 3.13. The van der Waals surface area contributed by atoms with Gasteiger partial charge in [-0.3, -0.25) is 24.6 Å². The van der Waals surface area contributed by atoms with Crippen molar-refractivity contribution >= 4 is 23.3 Å². The van der Waals surface area contributed by atoms with Crippen LogP contribution in [0.4, 0.5) is 0 Å². The Morgan fingerprint density at radius 3 is 2.09 bits per heavy atom. The van der Waals surface area contributed by atoms with Gasteiger partial charge in [-0.15, -0.1) is 0 Å². The zero-order valence-electron chi connectivity index (χ0n) is 11.9. The van der Waals surface area contributed by atoms with Crippen molar-refractivity contribution in [2.24, 2.45) is 17.7 Å². The number of carbonyl (C=O) groups is 4. The molecular formula is C14H19N3O5. The molecule has 120 valence electrons. The van der Waals surface area contributed by atoms with Crippen LogP contribution in [0.1, 0.15) is 36.0 Å². The molecule has 6 N–H and O–H groups in total. The molecule has 0 saturated heterocycles. The number of aromatic nitrogens is 1. The Hall–Kier alpha value is -2.32. The molecule has 0 aromatic carbocycles. The first-order valence-corrected chi connectivity index (χ1v) is 6.82. The molecule has 2 atom stereocenters. The van der Waals surface area contributed by atoms with Crippen LogP contribution >= 0.6 is 0 Å². The van der Waals surface area contributed by atoms with Gasteiger partial charge in [-0.1, -0.05) is 12.8 Å². The van der Waals surface area contributed by atoms with Crippen molar-refractivity contribution in [1.82, 2.24) is 10.4 Å². The lowest BCUT2D eigenvalue weighted by atomic mass is 9.81. The third kappa shape index (κ3) is 3.46. The van der Waals surface area contributed by atoms with E-state index >= 15 is 0 Å². The van der Waals surface area contributed by atoms with Gasteiger partial charge in [-0.25, -0.2) is 5.84 Å². The number of nitrogens with two attached hydrogens (primary N) is 1. The summed E-state index contributed by atoms with van der Waals surface area (Å²) < 4.78 is 0. The standard InChI is InChI=1S/C9H10O3.C5H7N3O.H2O/c10-7-5-3-1-2-4-6(5)8(11)9(7)12;6-8-5(9)4-1-2-7-3-4;/h5-6H,1-4H2;1-3,7H,6H2,(H,8,9);1H2. The van der Waals surface area contributed by atoms with Gasteiger partial charge in [0.2, 0.25) is 11.6 Å². The minimum absolute atomic E-state index is 0. The summed E-state index contributed by atoms with van der Waals surface area (Å²) in [5.41, 5.74) is 2.55. The molecule has 22 heavy (non-hydrogen) atoms. The Kier molecular flexibility index (Phi) is 6.14. The normalized spacial score (nSPS) is 23.0. The maximum Gasteiger partial charge on any atom is 0.266 e. The highest BCUT2D eigenvalue weighted by molar-refractivity contribution is 6.68. The van der Waals surface area contributed by atoms with Gasteiger partial charge in [-0.2, -0.15) is 0 Å². The molecule has 0 bridgehead atoms. The Morgan fingerprint density at radius 2 is 1.68 bits per heavy atom. The second kappa shape index (κ2) is 7.62. The van der Waals surface area contributed by atoms with E-state index in [-0.39, 0.29) is 23.2 Å². The molecule has 0 radical (unpaired) electrons. The zero-order chi connectivity index (χ0) is 15.4. The quantitative estimate of drug-likeness (QED) is 0.271. The van der Waals surface area contributed by atoms with E-state index in [2.05, 4.69) is 4.98 Å². The molecule has 2 saturated carbocycles. The number of Topliss-reactive ketones (excluding diaryl/α,β-unsaturated/α-hetero) is 3. The minimum atomic E-state index is -0.744. The van der Waals surface area contributed by atoms with Crippen LogP contribution in [0.2, 0.25) is 0 Å². The van der Waals surface area contributed by atoms with Crippen LogP contribution in [0.3, 0.4) is 0 Å². The number of rotatable bonds is 1. The van der Waals surface area contributed by atoms with Crippen LogP contribution in [0.5, 0.6) is 0 Å². The van der Waals surface area contributed by atoms with E-state index in [1.165, 1.54) is 0 Å². The van der Waals surface area contributed by atoms with Crippen molar-refractivity contribution in [3.8, 4) is 0 Å². The second-order valence-corrected chi connectivity index (χ2v) is 5.13. The fourth-order valence-electron chi connectivity index (χ4n) is 2.77. The SMILES string of the molecule is NNC(=O)c1cc[nH]c1.O.O=C1C(=O)C2CCCCC2C1=O. The fourth-order valence-corrected chi connectivity index (χ4v) is 2.77. The lowest BCUT2D eigenvalue weighted by molar-refractivity contribution is -0.141. The van der Waals surface area contributed by atoms with Crippen molar-refractivity contribution < 1.29 is 24.7 Å². The van der Waals surface area contributed by atoms with Crippen LogP contribution in [0.15, 0.2) is 18.5 Å². The summed E-state index contributed by atoms with van der Waals surface area (Å²) in [5, 5.41) is 0. The fraction of sp³-hybridized carbons (Fsp3) is 0.429. The Bertz CT molecular complexity index is 541. The highest BCUT2D eigenvalue weighted by Crippen LogP contribution is 2.36. The van der Waals surface area contributed by atoms with E-state index in [1.54, 1.807) is 18.5 Å². The molecule has 8 heteroatoms. The van der Waals surface area contributed by atoms with Crippen molar-refractivity contribution in [2.45, 2.75) is 25.7 Å². The first kappa shape index (κ1) is 17.7. The first-order chi connectivity index (χ1) is 10.1. The summed E-state index contributed by atoms with van der Waals surface area (Å²) in [6.45, 7) is 0. The van der Waals surface area contributed by atoms with Gasteiger partial charge in [0.05, 0.1) is 5.56 Å². The molecule has 1 aromatic heterocycles. The van der Waals surface area contributed by atoms with Gasteiger partial charge < -0.3 is 10.5 Å². The number of nitrogens with one attached hydrogen (secondary N) is 2. The summed E-state index contributed by atoms with van der Waals surface area (Å²) in [5.74, 6) is 2.47. The van der Waals surface area contributed by atoms with E-state index < -0.39 is 17.3 Å². The minimum Gasteiger partial charge on any atom is -0.412 e. The van der Waals surface area contributed by atoms with Gasteiger partial charge in [-0.05, 0) is 18.9 Å². The van der Waals surface area contributed by atoms with Crippen molar-refractivity contribution in [1.29, 1.82) is 0 Å². The molecule has 2 fully saturated rings. The van der Waals surface area contributed by atoms with E-state index in [0.29, 0.717) is 5.56 Å². The molecule has 2 aliphatic carbocycles. The topological polar surface area (TPSA) is 154 Å². The zero-order valence-corrected chi connectivity index (χ0v) is 11.9. The van der Waals surface area contributed by atoms with Crippen LogP contribution < -0.4 is 11.3 Å². The van der Waals surface area contributed by atoms with Gasteiger partial charge in [0, 0.05) is 24.2 Å². The Labute approximate surface area is 126 Å². The van der Waals surface area contributed by atoms with Gasteiger partial charge in [0.15, 0.2) is 0 Å². The number of H-pyrrole nitrogens is 1. The van der Waals surface area contributed by atoms with Crippen molar-refractivity contribution in [3.05, 3.63) is 24.0 Å². The molecule has 1 heterocycles. The molecule has 1 amide bonds. The molecule has 2 aliphatic rings. The van der Waals surface area contributed by atoms with E-state index in [4.69, 9.17) is 5.84 Å².